The molecule has 0 aliphatic carbocycles. The Balaban J connectivity index is 1.99. The monoisotopic (exact) mass is 266 g/mol. The standard InChI is InChI=1S/C14H15ClOS/c1-10-2-4-12(8-13(10)15)14(16)5-3-11-6-7-17-9-11/h2,4,6-9,14,16H,3,5H2,1H3. The SMILES string of the molecule is Cc1ccc(C(O)CCc2ccsc2)cc1Cl. The summed E-state index contributed by atoms with van der Waals surface area (Å²) < 4.78 is 0. The zero-order valence-corrected chi connectivity index (χ0v) is 11.3. The Labute approximate surface area is 111 Å². The summed E-state index contributed by atoms with van der Waals surface area (Å²) in [6.45, 7) is 1.96. The molecule has 0 aliphatic heterocycles. The van der Waals surface area contributed by atoms with Gasteiger partial charge in [-0.15, -0.1) is 0 Å². The highest BCUT2D eigenvalue weighted by Gasteiger charge is 2.09. The summed E-state index contributed by atoms with van der Waals surface area (Å²) in [6.07, 6.45) is 1.19. The first-order valence-electron chi connectivity index (χ1n) is 5.62. The molecular weight excluding hydrogens is 252 g/mol. The van der Waals surface area contributed by atoms with E-state index in [4.69, 9.17) is 11.6 Å². The third kappa shape index (κ3) is 3.32. The fraction of sp³-hybridized carbons (Fsp3) is 0.286. The number of hydrogen-bond donors (Lipinski definition) is 1. The number of aliphatic hydroxyl groups excluding tert-OH is 1. The van der Waals surface area contributed by atoms with Crippen molar-refractivity contribution in [3.63, 3.8) is 0 Å². The number of benzene rings is 1. The van der Waals surface area contributed by atoms with Gasteiger partial charge in [-0.1, -0.05) is 23.7 Å². The summed E-state index contributed by atoms with van der Waals surface area (Å²) in [6, 6.07) is 7.85. The van der Waals surface area contributed by atoms with Gasteiger partial charge in [0.25, 0.3) is 0 Å². The van der Waals surface area contributed by atoms with Gasteiger partial charge in [-0.2, -0.15) is 11.3 Å². The maximum atomic E-state index is 10.1. The summed E-state index contributed by atoms with van der Waals surface area (Å²) in [5.74, 6) is 0. The van der Waals surface area contributed by atoms with Crippen LogP contribution in [-0.4, -0.2) is 5.11 Å². The van der Waals surface area contributed by atoms with Crippen LogP contribution in [0.5, 0.6) is 0 Å². The highest BCUT2D eigenvalue weighted by atomic mass is 35.5. The summed E-state index contributed by atoms with van der Waals surface area (Å²) in [7, 11) is 0. The van der Waals surface area contributed by atoms with Gasteiger partial charge in [0.1, 0.15) is 0 Å². The number of rotatable bonds is 4. The first kappa shape index (κ1) is 12.6. The second-order valence-corrected chi connectivity index (χ2v) is 5.38. The fourth-order valence-electron chi connectivity index (χ4n) is 1.72. The molecule has 0 fully saturated rings. The van der Waals surface area contributed by atoms with Crippen LogP contribution < -0.4 is 0 Å². The molecule has 0 saturated carbocycles. The van der Waals surface area contributed by atoms with Crippen molar-refractivity contribution in [3.8, 4) is 0 Å². The maximum absolute atomic E-state index is 10.1. The Morgan fingerprint density at radius 1 is 1.35 bits per heavy atom. The molecular formula is C14H15ClOS. The molecule has 3 heteroatoms. The van der Waals surface area contributed by atoms with Crippen LogP contribution in [0.2, 0.25) is 5.02 Å². The number of aliphatic hydroxyl groups is 1. The lowest BCUT2D eigenvalue weighted by molar-refractivity contribution is 0.168. The Kier molecular flexibility index (Phi) is 4.21. The molecule has 90 valence electrons. The van der Waals surface area contributed by atoms with Crippen molar-refractivity contribution in [1.29, 1.82) is 0 Å². The predicted molar refractivity (Wildman–Crippen MR) is 73.8 cm³/mol. The molecule has 0 aliphatic rings. The Morgan fingerprint density at radius 2 is 2.18 bits per heavy atom. The van der Waals surface area contributed by atoms with Crippen molar-refractivity contribution < 1.29 is 5.11 Å². The van der Waals surface area contributed by atoms with E-state index >= 15 is 0 Å². The van der Waals surface area contributed by atoms with Crippen molar-refractivity contribution in [1.82, 2.24) is 0 Å². The summed E-state index contributed by atoms with van der Waals surface area (Å²) in [5, 5.41) is 15.0. The molecule has 0 spiro atoms. The van der Waals surface area contributed by atoms with Gasteiger partial charge in [0, 0.05) is 5.02 Å². The van der Waals surface area contributed by atoms with E-state index < -0.39 is 6.10 Å². The average molecular weight is 267 g/mol. The topological polar surface area (TPSA) is 20.2 Å². The minimum atomic E-state index is -0.437. The molecule has 1 N–H and O–H groups in total. The van der Waals surface area contributed by atoms with Gasteiger partial charge in [0.15, 0.2) is 0 Å². The van der Waals surface area contributed by atoms with Crippen molar-refractivity contribution in [2.75, 3.05) is 0 Å². The lowest BCUT2D eigenvalue weighted by Gasteiger charge is -2.11. The quantitative estimate of drug-likeness (QED) is 0.871. The van der Waals surface area contributed by atoms with Gasteiger partial charge in [0.2, 0.25) is 0 Å². The first-order valence-corrected chi connectivity index (χ1v) is 6.94. The lowest BCUT2D eigenvalue weighted by Crippen LogP contribution is -1.99. The van der Waals surface area contributed by atoms with Gasteiger partial charge < -0.3 is 5.11 Å². The highest BCUT2D eigenvalue weighted by Crippen LogP contribution is 2.24. The van der Waals surface area contributed by atoms with E-state index in [2.05, 4.69) is 16.8 Å². The van der Waals surface area contributed by atoms with E-state index in [-0.39, 0.29) is 0 Å². The van der Waals surface area contributed by atoms with Crippen LogP contribution >= 0.6 is 22.9 Å². The van der Waals surface area contributed by atoms with Crippen LogP contribution in [0.4, 0.5) is 0 Å². The second kappa shape index (κ2) is 5.67. The summed E-state index contributed by atoms with van der Waals surface area (Å²) in [5.41, 5.74) is 3.23. The molecule has 0 saturated heterocycles. The highest BCUT2D eigenvalue weighted by molar-refractivity contribution is 7.07. The third-order valence-corrected chi connectivity index (χ3v) is 4.01. The van der Waals surface area contributed by atoms with E-state index in [0.29, 0.717) is 0 Å². The molecule has 0 radical (unpaired) electrons. The lowest BCUT2D eigenvalue weighted by atomic mass is 10.0. The second-order valence-electron chi connectivity index (χ2n) is 4.19. The normalized spacial score (nSPS) is 12.6. The van der Waals surface area contributed by atoms with Crippen molar-refractivity contribution in [3.05, 3.63) is 56.7 Å². The molecule has 0 bridgehead atoms. The van der Waals surface area contributed by atoms with Crippen molar-refractivity contribution in [2.45, 2.75) is 25.9 Å². The molecule has 1 nitrogen and oxygen atoms in total. The summed E-state index contributed by atoms with van der Waals surface area (Å²) >= 11 is 7.74. The van der Waals surface area contributed by atoms with Gasteiger partial charge in [-0.3, -0.25) is 0 Å². The van der Waals surface area contributed by atoms with Gasteiger partial charge in [-0.25, -0.2) is 0 Å². The van der Waals surface area contributed by atoms with Crippen LogP contribution in [0.1, 0.15) is 29.2 Å². The number of aryl methyl sites for hydroxylation is 2. The molecule has 0 amide bonds. The molecule has 1 aromatic heterocycles. The van der Waals surface area contributed by atoms with E-state index in [1.807, 2.05) is 25.1 Å². The van der Waals surface area contributed by atoms with Gasteiger partial charge in [0.05, 0.1) is 6.10 Å². The molecule has 2 rings (SSSR count). The predicted octanol–water partition coefficient (Wildman–Crippen LogP) is 4.38. The minimum absolute atomic E-state index is 0.437. The van der Waals surface area contributed by atoms with Crippen LogP contribution in [-0.2, 0) is 6.42 Å². The molecule has 17 heavy (non-hydrogen) atoms. The Hall–Kier alpha value is -0.830. The van der Waals surface area contributed by atoms with Gasteiger partial charge >= 0.3 is 0 Å². The molecule has 1 atom stereocenters. The minimum Gasteiger partial charge on any atom is -0.388 e. The smallest absolute Gasteiger partial charge is 0.0793 e. The average Bonchev–Trinajstić information content (AvgIpc) is 2.82. The van der Waals surface area contributed by atoms with Crippen molar-refractivity contribution >= 4 is 22.9 Å². The molecule has 1 unspecified atom stereocenters. The molecule has 1 aromatic carbocycles. The largest absolute Gasteiger partial charge is 0.388 e. The Morgan fingerprint density at radius 3 is 2.82 bits per heavy atom. The van der Waals surface area contributed by atoms with E-state index in [9.17, 15) is 5.11 Å². The summed E-state index contributed by atoms with van der Waals surface area (Å²) in [4.78, 5) is 0. The molecule has 2 aromatic rings. The molecule has 1 heterocycles. The van der Waals surface area contributed by atoms with Crippen LogP contribution in [0.15, 0.2) is 35.0 Å². The Bertz CT molecular complexity index is 479. The fourth-order valence-corrected chi connectivity index (χ4v) is 2.61. The van der Waals surface area contributed by atoms with Crippen LogP contribution in [0.3, 0.4) is 0 Å². The zero-order valence-electron chi connectivity index (χ0n) is 9.69. The van der Waals surface area contributed by atoms with E-state index in [0.717, 1.165) is 29.0 Å². The van der Waals surface area contributed by atoms with Crippen LogP contribution in [0.25, 0.3) is 0 Å². The zero-order chi connectivity index (χ0) is 12.3. The number of halogens is 1. The van der Waals surface area contributed by atoms with Crippen molar-refractivity contribution in [2.24, 2.45) is 0 Å². The van der Waals surface area contributed by atoms with E-state index in [1.54, 1.807) is 11.3 Å². The van der Waals surface area contributed by atoms with E-state index in [1.165, 1.54) is 5.56 Å². The van der Waals surface area contributed by atoms with Crippen LogP contribution in [0, 0.1) is 6.92 Å². The number of hydrogen-bond acceptors (Lipinski definition) is 2. The van der Waals surface area contributed by atoms with Gasteiger partial charge in [-0.05, 0) is 59.3 Å². The number of thiophene rings is 1. The maximum Gasteiger partial charge on any atom is 0.0793 e. The first-order chi connectivity index (χ1) is 8.16. The third-order valence-electron chi connectivity index (χ3n) is 2.87.